The van der Waals surface area contributed by atoms with Crippen molar-refractivity contribution in [2.24, 2.45) is 0 Å². The molecule has 21 heavy (non-hydrogen) atoms. The van der Waals surface area contributed by atoms with Crippen LogP contribution in [0.1, 0.15) is 26.7 Å². The Balaban J connectivity index is 2.28. The van der Waals surface area contributed by atoms with Gasteiger partial charge in [0.1, 0.15) is 5.60 Å². The number of carbonyl (C=O) groups is 1. The Kier molecular flexibility index (Phi) is 4.24. The summed E-state index contributed by atoms with van der Waals surface area (Å²) in [7, 11) is 0. The number of para-hydroxylation sites is 1. The minimum absolute atomic E-state index is 0.215. The minimum Gasteiger partial charge on any atom is -0.483 e. The first kappa shape index (κ1) is 16.1. The summed E-state index contributed by atoms with van der Waals surface area (Å²) in [5.41, 5.74) is -0.166. The van der Waals surface area contributed by atoms with Gasteiger partial charge in [-0.25, -0.2) is 0 Å². The van der Waals surface area contributed by atoms with Gasteiger partial charge in [-0.2, -0.15) is 13.2 Å². The summed E-state index contributed by atoms with van der Waals surface area (Å²) < 4.78 is 43.4. The summed E-state index contributed by atoms with van der Waals surface area (Å²) in [6, 6.07) is 5.15. The number of hydrogen-bond acceptors (Lipinski definition) is 2. The highest BCUT2D eigenvalue weighted by Gasteiger charge is 2.37. The van der Waals surface area contributed by atoms with E-state index in [9.17, 15) is 18.0 Å². The molecule has 0 unspecified atom stereocenters. The molecular formula is C14H15BrF3NO2. The van der Waals surface area contributed by atoms with Gasteiger partial charge in [-0.1, -0.05) is 6.07 Å². The Hall–Kier alpha value is -1.24. The van der Waals surface area contributed by atoms with Crippen LogP contribution in [0, 0.1) is 0 Å². The fourth-order valence-electron chi connectivity index (χ4n) is 2.19. The molecule has 1 amide bonds. The lowest BCUT2D eigenvalue weighted by Gasteiger charge is -2.40. The third-order valence-corrected chi connectivity index (χ3v) is 3.70. The molecule has 7 heteroatoms. The molecule has 0 fully saturated rings. The predicted octanol–water partition coefficient (Wildman–Crippen LogP) is 4.30. The van der Waals surface area contributed by atoms with E-state index < -0.39 is 30.5 Å². The predicted molar refractivity (Wildman–Crippen MR) is 76.5 cm³/mol. The van der Waals surface area contributed by atoms with Crippen LogP contribution >= 0.6 is 15.9 Å². The number of ether oxygens (including phenoxy) is 1. The number of anilines is 1. The second-order valence-corrected chi connectivity index (χ2v) is 6.40. The van der Waals surface area contributed by atoms with Gasteiger partial charge in [0.15, 0.2) is 5.75 Å². The number of rotatable bonds is 2. The first-order valence-corrected chi connectivity index (χ1v) is 7.23. The number of carbonyl (C=O) groups excluding carboxylic acids is 1. The van der Waals surface area contributed by atoms with Crippen molar-refractivity contribution >= 4 is 27.5 Å². The van der Waals surface area contributed by atoms with Crippen molar-refractivity contribution in [1.82, 2.24) is 0 Å². The summed E-state index contributed by atoms with van der Waals surface area (Å²) in [4.78, 5) is 13.5. The van der Waals surface area contributed by atoms with Crippen LogP contribution in [0.5, 0.6) is 5.75 Å². The number of halogens is 4. The van der Waals surface area contributed by atoms with Crippen molar-refractivity contribution in [2.45, 2.75) is 38.5 Å². The number of amides is 1. The average Bonchev–Trinajstić information content (AvgIpc) is 2.35. The zero-order valence-electron chi connectivity index (χ0n) is 11.6. The molecule has 3 nitrogen and oxygen atoms in total. The summed E-state index contributed by atoms with van der Waals surface area (Å²) in [6.45, 7) is 3.80. The first-order valence-electron chi connectivity index (χ1n) is 6.44. The molecule has 0 spiro atoms. The standard InChI is InChI=1S/C14H15BrF3NO2/c1-13(2)8-19(11(20)6-7-14(16,17)18)10-5-3-4-9(15)12(10)21-13/h3-5H,6-8H2,1-2H3. The Morgan fingerprint density at radius 2 is 2.10 bits per heavy atom. The molecule has 1 aromatic rings. The maximum Gasteiger partial charge on any atom is 0.389 e. The second kappa shape index (κ2) is 5.51. The molecule has 0 aliphatic carbocycles. The van der Waals surface area contributed by atoms with Crippen LogP contribution in [0.25, 0.3) is 0 Å². The summed E-state index contributed by atoms with van der Waals surface area (Å²) >= 11 is 3.34. The summed E-state index contributed by atoms with van der Waals surface area (Å²) in [5, 5.41) is 0. The van der Waals surface area contributed by atoms with E-state index in [0.717, 1.165) is 0 Å². The minimum atomic E-state index is -4.34. The first-order chi connectivity index (χ1) is 9.59. The van der Waals surface area contributed by atoms with Crippen LogP contribution in [-0.4, -0.2) is 24.2 Å². The molecule has 1 aliphatic heterocycles. The van der Waals surface area contributed by atoms with Gasteiger partial charge < -0.3 is 9.64 Å². The average molecular weight is 366 g/mol. The fraction of sp³-hybridized carbons (Fsp3) is 0.500. The molecule has 0 radical (unpaired) electrons. The molecule has 0 aromatic heterocycles. The number of hydrogen-bond donors (Lipinski definition) is 0. The largest absolute Gasteiger partial charge is 0.483 e. The third kappa shape index (κ3) is 3.90. The molecule has 2 rings (SSSR count). The van der Waals surface area contributed by atoms with Crippen molar-refractivity contribution in [3.05, 3.63) is 22.7 Å². The Labute approximate surface area is 129 Å². The number of fused-ring (bicyclic) bond motifs is 1. The van der Waals surface area contributed by atoms with E-state index in [2.05, 4.69) is 15.9 Å². The fourth-order valence-corrected chi connectivity index (χ4v) is 2.63. The van der Waals surface area contributed by atoms with Crippen molar-refractivity contribution < 1.29 is 22.7 Å². The molecule has 0 saturated carbocycles. The molecule has 1 heterocycles. The Morgan fingerprint density at radius 1 is 1.43 bits per heavy atom. The summed E-state index contributed by atoms with van der Waals surface area (Å²) in [6.07, 6.45) is -6.02. The lowest BCUT2D eigenvalue weighted by Crippen LogP contribution is -2.49. The van der Waals surface area contributed by atoms with Gasteiger partial charge in [0.05, 0.1) is 23.1 Å². The molecule has 116 valence electrons. The molecule has 0 N–H and O–H groups in total. The van der Waals surface area contributed by atoms with E-state index in [1.165, 1.54) is 4.90 Å². The van der Waals surface area contributed by atoms with E-state index in [-0.39, 0.29) is 6.54 Å². The molecular weight excluding hydrogens is 351 g/mol. The number of nitrogens with zero attached hydrogens (tertiary/aromatic N) is 1. The number of alkyl halides is 3. The second-order valence-electron chi connectivity index (χ2n) is 5.54. The normalized spacial score (nSPS) is 17.1. The molecule has 1 aliphatic rings. The van der Waals surface area contributed by atoms with Crippen LogP contribution in [-0.2, 0) is 4.79 Å². The van der Waals surface area contributed by atoms with E-state index in [0.29, 0.717) is 15.9 Å². The SMILES string of the molecule is CC1(C)CN(C(=O)CCC(F)(F)F)c2cccc(Br)c2O1. The number of benzene rings is 1. The highest BCUT2D eigenvalue weighted by Crippen LogP contribution is 2.42. The van der Waals surface area contributed by atoms with Gasteiger partial charge in [0.2, 0.25) is 5.91 Å². The van der Waals surface area contributed by atoms with Crippen molar-refractivity contribution in [3.8, 4) is 5.75 Å². The quantitative estimate of drug-likeness (QED) is 0.781. The van der Waals surface area contributed by atoms with Crippen LogP contribution < -0.4 is 9.64 Å². The van der Waals surface area contributed by atoms with Gasteiger partial charge in [-0.15, -0.1) is 0 Å². The molecule has 0 bridgehead atoms. The maximum absolute atomic E-state index is 12.3. The zero-order chi connectivity index (χ0) is 15.8. The topological polar surface area (TPSA) is 29.5 Å². The summed E-state index contributed by atoms with van der Waals surface area (Å²) in [5.74, 6) is -0.0721. The molecule has 1 aromatic carbocycles. The van der Waals surface area contributed by atoms with Gasteiger partial charge in [-0.3, -0.25) is 4.79 Å². The van der Waals surface area contributed by atoms with Crippen LogP contribution in [0.2, 0.25) is 0 Å². The van der Waals surface area contributed by atoms with Crippen LogP contribution in [0.4, 0.5) is 18.9 Å². The maximum atomic E-state index is 12.3. The van der Waals surface area contributed by atoms with E-state index in [1.54, 1.807) is 32.0 Å². The van der Waals surface area contributed by atoms with E-state index >= 15 is 0 Å². The van der Waals surface area contributed by atoms with E-state index in [1.807, 2.05) is 0 Å². The van der Waals surface area contributed by atoms with Gasteiger partial charge >= 0.3 is 6.18 Å². The van der Waals surface area contributed by atoms with Crippen LogP contribution in [0.3, 0.4) is 0 Å². The monoisotopic (exact) mass is 365 g/mol. The Morgan fingerprint density at radius 3 is 2.71 bits per heavy atom. The van der Waals surface area contributed by atoms with Crippen molar-refractivity contribution in [1.29, 1.82) is 0 Å². The lowest BCUT2D eigenvalue weighted by molar-refractivity contribution is -0.143. The molecule has 0 saturated heterocycles. The van der Waals surface area contributed by atoms with Crippen molar-refractivity contribution in [3.63, 3.8) is 0 Å². The van der Waals surface area contributed by atoms with E-state index in [4.69, 9.17) is 4.74 Å². The van der Waals surface area contributed by atoms with Crippen molar-refractivity contribution in [2.75, 3.05) is 11.4 Å². The van der Waals surface area contributed by atoms with Gasteiger partial charge in [0.25, 0.3) is 0 Å². The zero-order valence-corrected chi connectivity index (χ0v) is 13.2. The smallest absolute Gasteiger partial charge is 0.389 e. The van der Waals surface area contributed by atoms with Crippen LogP contribution in [0.15, 0.2) is 22.7 Å². The van der Waals surface area contributed by atoms with Gasteiger partial charge in [0, 0.05) is 6.42 Å². The van der Waals surface area contributed by atoms with Gasteiger partial charge in [-0.05, 0) is 41.9 Å². The highest BCUT2D eigenvalue weighted by atomic mass is 79.9. The molecule has 0 atom stereocenters. The lowest BCUT2D eigenvalue weighted by atomic mass is 10.0. The third-order valence-electron chi connectivity index (χ3n) is 3.08. The Bertz CT molecular complexity index is 558. The highest BCUT2D eigenvalue weighted by molar-refractivity contribution is 9.10.